The molecule has 0 atom stereocenters. The number of rotatable bonds is 6. The number of aromatic nitrogens is 1. The minimum absolute atomic E-state index is 0.192. The summed E-state index contributed by atoms with van der Waals surface area (Å²) in [6.45, 7) is 0.575. The number of benzene rings is 1. The number of nitrogens with one attached hydrogen (secondary N) is 1. The van der Waals surface area contributed by atoms with Gasteiger partial charge in [-0.1, -0.05) is 12.1 Å². The van der Waals surface area contributed by atoms with Gasteiger partial charge in [0.2, 0.25) is 5.91 Å². The van der Waals surface area contributed by atoms with Crippen LogP contribution in [0.1, 0.15) is 54.4 Å². The van der Waals surface area contributed by atoms with Crippen LogP contribution in [0.25, 0.3) is 0 Å². The van der Waals surface area contributed by atoms with Crippen LogP contribution in [-0.4, -0.2) is 33.8 Å². The Morgan fingerprint density at radius 1 is 1.07 bits per heavy atom. The second-order valence-corrected chi connectivity index (χ2v) is 8.21. The first-order valence-corrected chi connectivity index (χ1v) is 10.5. The summed E-state index contributed by atoms with van der Waals surface area (Å²) in [6, 6.07) is 11.7. The van der Waals surface area contributed by atoms with Crippen LogP contribution in [0.4, 0.5) is 5.69 Å². The average molecular weight is 393 g/mol. The fourth-order valence-electron chi connectivity index (χ4n) is 4.01. The van der Waals surface area contributed by atoms with Crippen LogP contribution in [0, 0.1) is 5.92 Å². The van der Waals surface area contributed by atoms with Crippen molar-refractivity contribution in [1.29, 1.82) is 0 Å². The number of nitrogens with zero attached hydrogens (tertiary/aromatic N) is 2. The van der Waals surface area contributed by atoms with E-state index in [4.69, 9.17) is 5.73 Å². The Kier molecular flexibility index (Phi) is 5.90. The van der Waals surface area contributed by atoms with E-state index in [0.717, 1.165) is 49.8 Å². The molecule has 6 heteroatoms. The Morgan fingerprint density at radius 3 is 2.55 bits per heavy atom. The third-order valence-electron chi connectivity index (χ3n) is 5.85. The van der Waals surface area contributed by atoms with Crippen molar-refractivity contribution in [2.75, 3.05) is 5.32 Å². The highest BCUT2D eigenvalue weighted by Crippen LogP contribution is 2.34. The second kappa shape index (κ2) is 8.74. The van der Waals surface area contributed by atoms with Gasteiger partial charge in [0.05, 0.1) is 5.56 Å². The van der Waals surface area contributed by atoms with E-state index >= 15 is 0 Å². The van der Waals surface area contributed by atoms with Crippen molar-refractivity contribution in [3.05, 3.63) is 59.9 Å². The Bertz CT molecular complexity index is 858. The molecular weight excluding hydrogens is 364 g/mol. The van der Waals surface area contributed by atoms with Crippen LogP contribution < -0.4 is 11.1 Å². The molecule has 0 bridgehead atoms. The zero-order valence-corrected chi connectivity index (χ0v) is 16.6. The predicted molar refractivity (Wildman–Crippen MR) is 112 cm³/mol. The van der Waals surface area contributed by atoms with Crippen molar-refractivity contribution in [1.82, 2.24) is 9.88 Å². The van der Waals surface area contributed by atoms with Crippen LogP contribution in [0.15, 0.2) is 48.8 Å². The lowest BCUT2D eigenvalue weighted by molar-refractivity contribution is -0.136. The molecule has 2 fully saturated rings. The molecule has 1 aromatic carbocycles. The normalized spacial score (nSPS) is 21.4. The summed E-state index contributed by atoms with van der Waals surface area (Å²) in [7, 11) is 0. The largest absolute Gasteiger partial charge is 0.335 e. The molecule has 2 amide bonds. The number of anilines is 1. The van der Waals surface area contributed by atoms with Crippen LogP contribution in [0.5, 0.6) is 0 Å². The first-order valence-electron chi connectivity index (χ1n) is 10.5. The average Bonchev–Trinajstić information content (AvgIpc) is 3.59. The smallest absolute Gasteiger partial charge is 0.257 e. The van der Waals surface area contributed by atoms with E-state index in [2.05, 4.69) is 15.2 Å². The van der Waals surface area contributed by atoms with Crippen molar-refractivity contribution >= 4 is 17.5 Å². The summed E-state index contributed by atoms with van der Waals surface area (Å²) in [5, 5.41) is 2.92. The second-order valence-electron chi connectivity index (χ2n) is 8.21. The quantitative estimate of drug-likeness (QED) is 0.789. The van der Waals surface area contributed by atoms with E-state index in [9.17, 15) is 9.59 Å². The zero-order chi connectivity index (χ0) is 20.2. The lowest BCUT2D eigenvalue weighted by Gasteiger charge is -2.36. The summed E-state index contributed by atoms with van der Waals surface area (Å²) in [5.41, 5.74) is 8.33. The van der Waals surface area contributed by atoms with E-state index in [1.165, 1.54) is 0 Å². The van der Waals surface area contributed by atoms with Gasteiger partial charge in [0.15, 0.2) is 0 Å². The van der Waals surface area contributed by atoms with Crippen LogP contribution in [0.3, 0.4) is 0 Å². The number of carbonyl (C=O) groups is 2. The molecule has 2 saturated carbocycles. The number of pyridine rings is 1. The number of amides is 2. The minimum atomic E-state index is -0.192. The highest BCUT2D eigenvalue weighted by molar-refractivity contribution is 6.04. The Balaban J connectivity index is 1.47. The Labute approximate surface area is 171 Å². The topological polar surface area (TPSA) is 88.3 Å². The van der Waals surface area contributed by atoms with Crippen LogP contribution in [0.2, 0.25) is 0 Å². The van der Waals surface area contributed by atoms with Gasteiger partial charge >= 0.3 is 0 Å². The highest BCUT2D eigenvalue weighted by Gasteiger charge is 2.37. The maximum Gasteiger partial charge on any atom is 0.257 e. The Morgan fingerprint density at radius 2 is 1.86 bits per heavy atom. The van der Waals surface area contributed by atoms with E-state index in [1.54, 1.807) is 24.5 Å². The standard InChI is InChI=1S/C23H28N4O2/c24-19-8-10-21(11-9-19)27(23(29)17-6-7-17)15-16-3-1-5-20(13-16)26-22(28)18-4-2-12-25-14-18/h1-5,12-14,17,19,21H,6-11,15,24H2,(H,26,28). The number of carbonyl (C=O) groups excluding carboxylic acids is 2. The van der Waals surface area contributed by atoms with Gasteiger partial charge in [-0.05, 0) is 68.4 Å². The van der Waals surface area contributed by atoms with Gasteiger partial charge in [0.1, 0.15) is 0 Å². The van der Waals surface area contributed by atoms with Gasteiger partial charge in [-0.25, -0.2) is 0 Å². The summed E-state index contributed by atoms with van der Waals surface area (Å²) in [6.07, 6.45) is 9.07. The summed E-state index contributed by atoms with van der Waals surface area (Å²) < 4.78 is 0. The molecule has 3 N–H and O–H groups in total. The molecular formula is C23H28N4O2. The molecule has 4 rings (SSSR count). The van der Waals surface area contributed by atoms with Gasteiger partial charge in [0.25, 0.3) is 5.91 Å². The van der Waals surface area contributed by atoms with Crippen molar-refractivity contribution in [3.8, 4) is 0 Å². The van der Waals surface area contributed by atoms with E-state index < -0.39 is 0 Å². The molecule has 0 radical (unpaired) electrons. The van der Waals surface area contributed by atoms with E-state index in [-0.39, 0.29) is 29.8 Å². The van der Waals surface area contributed by atoms with Crippen LogP contribution in [-0.2, 0) is 11.3 Å². The van der Waals surface area contributed by atoms with Crippen molar-refractivity contribution < 1.29 is 9.59 Å². The molecule has 152 valence electrons. The van der Waals surface area contributed by atoms with E-state index in [1.807, 2.05) is 24.3 Å². The lowest BCUT2D eigenvalue weighted by Crippen LogP contribution is -2.44. The molecule has 2 aromatic rings. The van der Waals surface area contributed by atoms with Crippen molar-refractivity contribution in [2.45, 2.75) is 57.2 Å². The summed E-state index contributed by atoms with van der Waals surface area (Å²) in [4.78, 5) is 31.4. The Hall–Kier alpha value is -2.73. The van der Waals surface area contributed by atoms with Crippen molar-refractivity contribution in [2.24, 2.45) is 11.7 Å². The molecule has 1 heterocycles. The maximum atomic E-state index is 13.0. The first-order chi connectivity index (χ1) is 14.1. The van der Waals surface area contributed by atoms with Gasteiger partial charge < -0.3 is 16.0 Å². The third-order valence-corrected chi connectivity index (χ3v) is 5.85. The summed E-state index contributed by atoms with van der Waals surface area (Å²) >= 11 is 0. The fraction of sp³-hybridized carbons (Fsp3) is 0.435. The molecule has 6 nitrogen and oxygen atoms in total. The third kappa shape index (κ3) is 5.01. The summed E-state index contributed by atoms with van der Waals surface area (Å²) in [5.74, 6) is 0.275. The van der Waals surface area contributed by atoms with Gasteiger partial charge in [-0.15, -0.1) is 0 Å². The monoisotopic (exact) mass is 392 g/mol. The number of nitrogens with two attached hydrogens (primary N) is 1. The molecule has 0 spiro atoms. The number of hydrogen-bond donors (Lipinski definition) is 2. The molecule has 0 unspecified atom stereocenters. The lowest BCUT2D eigenvalue weighted by atomic mass is 9.90. The van der Waals surface area contributed by atoms with E-state index in [0.29, 0.717) is 12.1 Å². The minimum Gasteiger partial charge on any atom is -0.335 e. The molecule has 2 aliphatic carbocycles. The van der Waals surface area contributed by atoms with Gasteiger partial charge in [-0.2, -0.15) is 0 Å². The van der Waals surface area contributed by atoms with Crippen molar-refractivity contribution in [3.63, 3.8) is 0 Å². The maximum absolute atomic E-state index is 13.0. The SMILES string of the molecule is NC1CCC(N(Cc2cccc(NC(=O)c3cccnc3)c2)C(=O)C2CC2)CC1. The molecule has 29 heavy (non-hydrogen) atoms. The van der Waals surface area contributed by atoms with Crippen LogP contribution >= 0.6 is 0 Å². The van der Waals surface area contributed by atoms with Gasteiger partial charge in [-0.3, -0.25) is 14.6 Å². The number of hydrogen-bond acceptors (Lipinski definition) is 4. The molecule has 0 aliphatic heterocycles. The van der Waals surface area contributed by atoms with Gasteiger partial charge in [0, 0.05) is 42.6 Å². The molecule has 1 aromatic heterocycles. The molecule has 2 aliphatic rings. The fourth-order valence-corrected chi connectivity index (χ4v) is 4.01. The predicted octanol–water partition coefficient (Wildman–Crippen LogP) is 3.34. The molecule has 0 saturated heterocycles. The first kappa shape index (κ1) is 19.6. The highest BCUT2D eigenvalue weighted by atomic mass is 16.2. The zero-order valence-electron chi connectivity index (χ0n) is 16.6.